The van der Waals surface area contributed by atoms with Crippen molar-refractivity contribution >= 4 is 40.1 Å². The van der Waals surface area contributed by atoms with Gasteiger partial charge in [-0.05, 0) is 67.2 Å². The molecule has 0 saturated carbocycles. The van der Waals surface area contributed by atoms with Gasteiger partial charge in [0, 0.05) is 38.3 Å². The number of carbonyl (C=O) groups is 4. The lowest BCUT2D eigenvalue weighted by Crippen LogP contribution is -2.47. The van der Waals surface area contributed by atoms with Gasteiger partial charge in [-0.3, -0.25) is 9.59 Å². The number of nitrogens with zero attached hydrogens (tertiary/aromatic N) is 2. The minimum absolute atomic E-state index is 0.216. The van der Waals surface area contributed by atoms with Crippen molar-refractivity contribution in [2.45, 2.75) is 90.5 Å². The Labute approximate surface area is 241 Å². The molecule has 2 aliphatic rings. The summed E-state index contributed by atoms with van der Waals surface area (Å²) in [4.78, 5) is 47.8. The molecular formula is C26H49BrN4O8. The summed E-state index contributed by atoms with van der Waals surface area (Å²) in [5.74, 6) is -0.510. The highest BCUT2D eigenvalue weighted by Gasteiger charge is 2.27. The van der Waals surface area contributed by atoms with E-state index in [1.54, 1.807) is 9.80 Å². The number of amides is 2. The van der Waals surface area contributed by atoms with E-state index in [9.17, 15) is 19.2 Å². The Morgan fingerprint density at radius 2 is 1.15 bits per heavy atom. The van der Waals surface area contributed by atoms with Gasteiger partial charge in [0.2, 0.25) is 0 Å². The second kappa shape index (κ2) is 18.3. The van der Waals surface area contributed by atoms with Crippen molar-refractivity contribution in [3.63, 3.8) is 0 Å². The van der Waals surface area contributed by atoms with Crippen molar-refractivity contribution < 1.29 is 38.1 Å². The summed E-state index contributed by atoms with van der Waals surface area (Å²) < 4.78 is 19.4. The number of hydrogen-bond acceptors (Lipinski definition) is 10. The summed E-state index contributed by atoms with van der Waals surface area (Å²) in [6, 6.07) is 0.492. The minimum atomic E-state index is -0.461. The molecule has 0 aliphatic carbocycles. The highest BCUT2D eigenvalue weighted by atomic mass is 79.9. The van der Waals surface area contributed by atoms with E-state index >= 15 is 0 Å². The molecule has 2 rings (SSSR count). The number of likely N-dealkylation sites (tertiary alicyclic amines) is 2. The maximum atomic E-state index is 11.8. The molecule has 2 aliphatic heterocycles. The summed E-state index contributed by atoms with van der Waals surface area (Å²) >= 11 is 2.90. The predicted molar refractivity (Wildman–Crippen MR) is 152 cm³/mol. The largest absolute Gasteiger partial charge is 0.468 e. The van der Waals surface area contributed by atoms with Crippen molar-refractivity contribution in [3.05, 3.63) is 0 Å². The number of ether oxygens (including phenoxy) is 4. The van der Waals surface area contributed by atoms with Crippen LogP contribution in [0.4, 0.5) is 9.59 Å². The summed E-state index contributed by atoms with van der Waals surface area (Å²) in [6.07, 6.45) is 2.90. The van der Waals surface area contributed by atoms with Crippen molar-refractivity contribution in [2.24, 2.45) is 5.73 Å². The molecule has 0 spiro atoms. The molecule has 0 bridgehead atoms. The molecule has 0 radical (unpaired) electrons. The number of piperidine rings is 2. The lowest BCUT2D eigenvalue weighted by Gasteiger charge is -2.33. The Bertz CT molecular complexity index is 748. The molecule has 228 valence electrons. The first-order valence-corrected chi connectivity index (χ1v) is 14.3. The molecular weight excluding hydrogens is 576 g/mol. The Morgan fingerprint density at radius 3 is 1.46 bits per heavy atom. The number of nitrogens with one attached hydrogen (secondary N) is 1. The molecule has 2 amide bonds. The molecule has 0 aromatic carbocycles. The fourth-order valence-corrected chi connectivity index (χ4v) is 3.58. The minimum Gasteiger partial charge on any atom is -0.468 e. The number of nitrogens with two attached hydrogens (primary N) is 1. The smallest absolute Gasteiger partial charge is 0.410 e. The van der Waals surface area contributed by atoms with E-state index in [0.717, 1.165) is 38.8 Å². The molecule has 2 fully saturated rings. The SMILES string of the molecule is CC(C)(C)OC(=O)N1CCC(N)CC1.COC(=O)CBr.COC(=O)CNC1CCN(C(=O)OC(C)(C)C)CC1. The maximum absolute atomic E-state index is 11.8. The Hall–Kier alpha value is -2.12. The first-order valence-electron chi connectivity index (χ1n) is 13.2. The zero-order valence-electron chi connectivity index (χ0n) is 24.8. The fraction of sp³-hybridized carbons (Fsp3) is 0.846. The standard InChI is InChI=1S/C13H24N2O4.C10H20N2O2.C3H5BrO2/c1-13(2,3)19-12(17)15-7-5-10(6-8-15)14-9-11(16)18-4;1-10(2,3)14-9(13)12-6-4-8(11)5-7-12;1-6-3(5)2-4/h10,14H,5-9H2,1-4H3;8H,4-7,11H2,1-3H3;2H2,1H3. The van der Waals surface area contributed by atoms with Crippen LogP contribution in [0.3, 0.4) is 0 Å². The average Bonchev–Trinajstić information content (AvgIpc) is 2.86. The third kappa shape index (κ3) is 18.7. The maximum Gasteiger partial charge on any atom is 0.410 e. The quantitative estimate of drug-likeness (QED) is 0.271. The highest BCUT2D eigenvalue weighted by Crippen LogP contribution is 2.16. The van der Waals surface area contributed by atoms with Gasteiger partial charge in [-0.2, -0.15) is 0 Å². The van der Waals surface area contributed by atoms with Crippen LogP contribution in [-0.2, 0) is 28.5 Å². The molecule has 2 heterocycles. The Balaban J connectivity index is 0.000000631. The van der Waals surface area contributed by atoms with Crippen LogP contribution in [0.5, 0.6) is 0 Å². The zero-order valence-corrected chi connectivity index (χ0v) is 26.4. The number of rotatable bonds is 4. The molecule has 13 heteroatoms. The summed E-state index contributed by atoms with van der Waals surface area (Å²) in [7, 11) is 2.72. The fourth-order valence-electron chi connectivity index (χ4n) is 3.36. The molecule has 0 atom stereocenters. The number of halogens is 1. The molecule has 2 saturated heterocycles. The van der Waals surface area contributed by atoms with Crippen LogP contribution in [0.1, 0.15) is 67.2 Å². The normalized spacial score (nSPS) is 16.6. The monoisotopic (exact) mass is 624 g/mol. The second-order valence-electron chi connectivity index (χ2n) is 11.2. The molecule has 39 heavy (non-hydrogen) atoms. The van der Waals surface area contributed by atoms with Gasteiger partial charge in [0.25, 0.3) is 0 Å². The molecule has 0 aromatic heterocycles. The Kier molecular flexibility index (Phi) is 17.3. The van der Waals surface area contributed by atoms with E-state index in [2.05, 4.69) is 30.7 Å². The molecule has 0 unspecified atom stereocenters. The summed E-state index contributed by atoms with van der Waals surface area (Å²) in [5, 5.41) is 3.41. The third-order valence-corrected chi connectivity index (χ3v) is 5.90. The van der Waals surface area contributed by atoms with Crippen molar-refractivity contribution in [3.8, 4) is 0 Å². The van der Waals surface area contributed by atoms with Gasteiger partial charge in [0.1, 0.15) is 16.5 Å². The lowest BCUT2D eigenvalue weighted by atomic mass is 10.1. The van der Waals surface area contributed by atoms with E-state index in [-0.39, 0.29) is 48.1 Å². The number of carbonyl (C=O) groups excluding carboxylic acids is 4. The number of hydrogen-bond donors (Lipinski definition) is 2. The van der Waals surface area contributed by atoms with Gasteiger partial charge >= 0.3 is 24.1 Å². The van der Waals surface area contributed by atoms with Gasteiger partial charge in [0.05, 0.1) is 20.8 Å². The first kappa shape index (κ1) is 36.9. The molecule has 0 aromatic rings. The molecule has 12 nitrogen and oxygen atoms in total. The van der Waals surface area contributed by atoms with Gasteiger partial charge in [-0.25, -0.2) is 9.59 Å². The number of methoxy groups -OCH3 is 2. The van der Waals surface area contributed by atoms with Crippen LogP contribution in [-0.4, -0.2) is 109 Å². The van der Waals surface area contributed by atoms with Gasteiger partial charge in [0.15, 0.2) is 0 Å². The predicted octanol–water partition coefficient (Wildman–Crippen LogP) is 3.05. The van der Waals surface area contributed by atoms with Crippen molar-refractivity contribution in [2.75, 3.05) is 52.3 Å². The summed E-state index contributed by atoms with van der Waals surface area (Å²) in [6.45, 7) is 14.1. The van der Waals surface area contributed by atoms with Crippen LogP contribution >= 0.6 is 15.9 Å². The van der Waals surface area contributed by atoms with Crippen LogP contribution in [0.25, 0.3) is 0 Å². The van der Waals surface area contributed by atoms with E-state index in [4.69, 9.17) is 15.2 Å². The van der Waals surface area contributed by atoms with E-state index in [0.29, 0.717) is 13.1 Å². The van der Waals surface area contributed by atoms with Gasteiger partial charge in [-0.1, -0.05) is 15.9 Å². The molecule has 3 N–H and O–H groups in total. The number of esters is 2. The van der Waals surface area contributed by atoms with Crippen LogP contribution in [0.2, 0.25) is 0 Å². The third-order valence-electron chi connectivity index (χ3n) is 5.44. The van der Waals surface area contributed by atoms with Crippen molar-refractivity contribution in [1.29, 1.82) is 0 Å². The van der Waals surface area contributed by atoms with Crippen LogP contribution in [0, 0.1) is 0 Å². The van der Waals surface area contributed by atoms with Gasteiger partial charge < -0.3 is 39.8 Å². The van der Waals surface area contributed by atoms with Crippen LogP contribution in [0.15, 0.2) is 0 Å². The number of alkyl halides is 1. The Morgan fingerprint density at radius 1 is 0.769 bits per heavy atom. The first-order chi connectivity index (χ1) is 18.0. The average molecular weight is 626 g/mol. The van der Waals surface area contributed by atoms with Gasteiger partial charge in [-0.15, -0.1) is 0 Å². The van der Waals surface area contributed by atoms with E-state index in [1.807, 2.05) is 41.5 Å². The van der Waals surface area contributed by atoms with Crippen molar-refractivity contribution in [1.82, 2.24) is 15.1 Å². The van der Waals surface area contributed by atoms with E-state index in [1.165, 1.54) is 14.2 Å². The summed E-state index contributed by atoms with van der Waals surface area (Å²) in [5.41, 5.74) is 4.88. The lowest BCUT2D eigenvalue weighted by molar-refractivity contribution is -0.140. The topological polar surface area (TPSA) is 150 Å². The zero-order chi connectivity index (χ0) is 30.2. The van der Waals surface area contributed by atoms with Crippen LogP contribution < -0.4 is 11.1 Å². The second-order valence-corrected chi connectivity index (χ2v) is 11.8. The highest BCUT2D eigenvalue weighted by molar-refractivity contribution is 9.09. The van der Waals surface area contributed by atoms with E-state index < -0.39 is 11.2 Å².